The van der Waals surface area contributed by atoms with E-state index < -0.39 is 0 Å². The van der Waals surface area contributed by atoms with Gasteiger partial charge < -0.3 is 5.11 Å². The minimum Gasteiger partial charge on any atom is -0.396 e. The van der Waals surface area contributed by atoms with Gasteiger partial charge in [0.2, 0.25) is 0 Å². The minimum absolute atomic E-state index is 0.330. The summed E-state index contributed by atoms with van der Waals surface area (Å²) in [4.78, 5) is 0. The van der Waals surface area contributed by atoms with Gasteiger partial charge in [-0.15, -0.1) is 0 Å². The predicted octanol–water partition coefficient (Wildman–Crippen LogP) is 1.92. The molecule has 1 fully saturated rings. The fourth-order valence-electron chi connectivity index (χ4n) is 2.35. The van der Waals surface area contributed by atoms with Crippen molar-refractivity contribution in [1.82, 2.24) is 10.4 Å². The van der Waals surface area contributed by atoms with Crippen LogP contribution in [0.15, 0.2) is 0 Å². The molecule has 0 spiro atoms. The van der Waals surface area contributed by atoms with Crippen molar-refractivity contribution in [3.8, 4) is 0 Å². The van der Waals surface area contributed by atoms with Gasteiger partial charge in [-0.05, 0) is 46.0 Å². The Balaban J connectivity index is 2.12. The highest BCUT2D eigenvalue weighted by Crippen LogP contribution is 2.20. The van der Waals surface area contributed by atoms with Crippen LogP contribution in [0.2, 0.25) is 0 Å². The largest absolute Gasteiger partial charge is 0.396 e. The van der Waals surface area contributed by atoms with Crippen molar-refractivity contribution in [1.29, 1.82) is 0 Å². The lowest BCUT2D eigenvalue weighted by atomic mass is 10.00. The molecule has 0 bridgehead atoms. The van der Waals surface area contributed by atoms with E-state index in [-0.39, 0.29) is 0 Å². The molecule has 3 heteroatoms. The van der Waals surface area contributed by atoms with E-state index in [1.807, 2.05) is 0 Å². The summed E-state index contributed by atoms with van der Waals surface area (Å²) in [6, 6.07) is 1.35. The monoisotopic (exact) mass is 214 g/mol. The summed E-state index contributed by atoms with van der Waals surface area (Å²) in [7, 11) is 0. The van der Waals surface area contributed by atoms with Crippen molar-refractivity contribution in [2.45, 2.75) is 64.5 Å². The van der Waals surface area contributed by atoms with Crippen LogP contribution in [0.25, 0.3) is 0 Å². The number of hydrazine groups is 1. The minimum atomic E-state index is 0.330. The topological polar surface area (TPSA) is 35.5 Å². The van der Waals surface area contributed by atoms with Gasteiger partial charge in [0.1, 0.15) is 0 Å². The van der Waals surface area contributed by atoms with Gasteiger partial charge in [-0.2, -0.15) is 0 Å². The molecule has 3 nitrogen and oxygen atoms in total. The Morgan fingerprint density at radius 1 is 1.13 bits per heavy atom. The molecule has 0 saturated carbocycles. The molecule has 1 aliphatic heterocycles. The van der Waals surface area contributed by atoms with Crippen LogP contribution in [-0.4, -0.2) is 35.4 Å². The van der Waals surface area contributed by atoms with Crippen molar-refractivity contribution in [3.05, 3.63) is 0 Å². The third kappa shape index (κ3) is 4.49. The van der Waals surface area contributed by atoms with E-state index in [2.05, 4.69) is 24.3 Å². The number of hydrogen-bond donors (Lipinski definition) is 2. The van der Waals surface area contributed by atoms with Crippen molar-refractivity contribution in [2.75, 3.05) is 13.2 Å². The standard InChI is InChI=1S/C12H26N2O/c1-11-7-6-8-12(2)14(11)13-9-4-3-5-10-15/h11-13,15H,3-10H2,1-2H3. The van der Waals surface area contributed by atoms with E-state index in [1.54, 1.807) is 0 Å². The van der Waals surface area contributed by atoms with E-state index in [1.165, 1.54) is 19.3 Å². The van der Waals surface area contributed by atoms with Gasteiger partial charge in [0.05, 0.1) is 0 Å². The molecular formula is C12H26N2O. The Morgan fingerprint density at radius 3 is 2.40 bits per heavy atom. The van der Waals surface area contributed by atoms with Crippen LogP contribution in [0.4, 0.5) is 0 Å². The number of aliphatic hydroxyl groups excluding tert-OH is 1. The third-order valence-electron chi connectivity index (χ3n) is 3.32. The zero-order chi connectivity index (χ0) is 11.1. The summed E-state index contributed by atoms with van der Waals surface area (Å²) >= 11 is 0. The van der Waals surface area contributed by atoms with Gasteiger partial charge >= 0.3 is 0 Å². The fraction of sp³-hybridized carbons (Fsp3) is 1.00. The van der Waals surface area contributed by atoms with Crippen LogP contribution < -0.4 is 5.43 Å². The SMILES string of the molecule is CC1CCCC(C)N1NCCCCCO. The maximum atomic E-state index is 8.67. The first-order valence-electron chi connectivity index (χ1n) is 6.38. The van der Waals surface area contributed by atoms with Crippen LogP contribution in [0.5, 0.6) is 0 Å². The number of piperidine rings is 1. The lowest BCUT2D eigenvalue weighted by Crippen LogP contribution is -2.52. The highest BCUT2D eigenvalue weighted by molar-refractivity contribution is 4.76. The van der Waals surface area contributed by atoms with E-state index in [0.29, 0.717) is 18.7 Å². The highest BCUT2D eigenvalue weighted by atomic mass is 16.2. The average Bonchev–Trinajstić information content (AvgIpc) is 2.21. The zero-order valence-corrected chi connectivity index (χ0v) is 10.2. The molecule has 0 amide bonds. The van der Waals surface area contributed by atoms with Gasteiger partial charge in [0.15, 0.2) is 0 Å². The third-order valence-corrected chi connectivity index (χ3v) is 3.32. The smallest absolute Gasteiger partial charge is 0.0431 e. The summed E-state index contributed by atoms with van der Waals surface area (Å²) in [5, 5.41) is 11.1. The van der Waals surface area contributed by atoms with Crippen molar-refractivity contribution in [2.24, 2.45) is 0 Å². The van der Waals surface area contributed by atoms with E-state index in [4.69, 9.17) is 5.11 Å². The Kier molecular flexibility index (Phi) is 6.22. The average molecular weight is 214 g/mol. The van der Waals surface area contributed by atoms with Gasteiger partial charge in [-0.25, -0.2) is 5.01 Å². The number of nitrogens with one attached hydrogen (secondary N) is 1. The van der Waals surface area contributed by atoms with Crippen molar-refractivity contribution in [3.63, 3.8) is 0 Å². The van der Waals surface area contributed by atoms with Crippen molar-refractivity contribution >= 4 is 0 Å². The molecule has 1 aliphatic rings. The van der Waals surface area contributed by atoms with Crippen LogP contribution >= 0.6 is 0 Å². The molecule has 2 atom stereocenters. The molecule has 2 unspecified atom stereocenters. The van der Waals surface area contributed by atoms with Gasteiger partial charge in [-0.1, -0.05) is 6.42 Å². The zero-order valence-electron chi connectivity index (χ0n) is 10.2. The fourth-order valence-corrected chi connectivity index (χ4v) is 2.35. The van der Waals surface area contributed by atoms with E-state index in [9.17, 15) is 0 Å². The second-order valence-corrected chi connectivity index (χ2v) is 4.73. The summed E-state index contributed by atoms with van der Waals surface area (Å²) in [5.41, 5.74) is 3.53. The maximum Gasteiger partial charge on any atom is 0.0431 e. The molecule has 1 saturated heterocycles. The molecule has 0 radical (unpaired) electrons. The van der Waals surface area contributed by atoms with Gasteiger partial charge in [-0.3, -0.25) is 5.43 Å². The van der Waals surface area contributed by atoms with Crippen LogP contribution in [0, 0.1) is 0 Å². The lowest BCUT2D eigenvalue weighted by molar-refractivity contribution is 0.0458. The summed E-state index contributed by atoms with van der Waals surface area (Å²) in [6.07, 6.45) is 7.22. The van der Waals surface area contributed by atoms with Crippen LogP contribution in [-0.2, 0) is 0 Å². The number of unbranched alkanes of at least 4 members (excludes halogenated alkanes) is 2. The maximum absolute atomic E-state index is 8.67. The lowest BCUT2D eigenvalue weighted by Gasteiger charge is -2.39. The summed E-state index contributed by atoms with van der Waals surface area (Å²) in [6.45, 7) is 5.98. The highest BCUT2D eigenvalue weighted by Gasteiger charge is 2.23. The summed E-state index contributed by atoms with van der Waals surface area (Å²) in [5.74, 6) is 0. The number of rotatable bonds is 6. The van der Waals surface area contributed by atoms with E-state index >= 15 is 0 Å². The molecule has 1 rings (SSSR count). The molecule has 2 N–H and O–H groups in total. The number of nitrogens with zero attached hydrogens (tertiary/aromatic N) is 1. The first-order valence-corrected chi connectivity index (χ1v) is 6.38. The molecular weight excluding hydrogens is 188 g/mol. The first-order chi connectivity index (χ1) is 7.25. The van der Waals surface area contributed by atoms with Crippen LogP contribution in [0.3, 0.4) is 0 Å². The van der Waals surface area contributed by atoms with E-state index in [0.717, 1.165) is 25.8 Å². The van der Waals surface area contributed by atoms with Gasteiger partial charge in [0, 0.05) is 25.2 Å². The van der Waals surface area contributed by atoms with Crippen LogP contribution in [0.1, 0.15) is 52.4 Å². The predicted molar refractivity (Wildman–Crippen MR) is 63.6 cm³/mol. The molecule has 15 heavy (non-hydrogen) atoms. The number of hydrogen-bond acceptors (Lipinski definition) is 3. The van der Waals surface area contributed by atoms with Crippen molar-refractivity contribution < 1.29 is 5.11 Å². The number of aliphatic hydroxyl groups is 1. The molecule has 90 valence electrons. The first kappa shape index (κ1) is 12.9. The second kappa shape index (κ2) is 7.20. The second-order valence-electron chi connectivity index (χ2n) is 4.73. The molecule has 1 heterocycles. The Hall–Kier alpha value is -0.120. The quantitative estimate of drug-likeness (QED) is 0.663. The molecule has 0 aromatic rings. The summed E-state index contributed by atoms with van der Waals surface area (Å²) < 4.78 is 0. The molecule has 0 aliphatic carbocycles. The Morgan fingerprint density at radius 2 is 1.80 bits per heavy atom. The molecule has 0 aromatic carbocycles. The Labute approximate surface area is 93.8 Å². The van der Waals surface area contributed by atoms with Gasteiger partial charge in [0.25, 0.3) is 0 Å². The Bertz CT molecular complexity index is 154. The normalized spacial score (nSPS) is 28.2. The molecule has 0 aromatic heterocycles.